The smallest absolute Gasteiger partial charge is 0.264 e. The van der Waals surface area contributed by atoms with Gasteiger partial charge in [0.2, 0.25) is 0 Å². The molecule has 5 rings (SSSR count). The van der Waals surface area contributed by atoms with Gasteiger partial charge in [0.05, 0.1) is 24.1 Å². The van der Waals surface area contributed by atoms with Gasteiger partial charge >= 0.3 is 0 Å². The molecule has 0 aliphatic heterocycles. The summed E-state index contributed by atoms with van der Waals surface area (Å²) in [5.74, 6) is -0.360. The number of fused-ring (bicyclic) bond motifs is 2. The summed E-state index contributed by atoms with van der Waals surface area (Å²) in [6.07, 6.45) is 4.47. The van der Waals surface area contributed by atoms with Crippen LogP contribution >= 0.6 is 11.3 Å². The SMILES string of the molecule is O=c1c2cnn(-c3ccc(F)cc3)c2ncn1Cc1cc(=O)n2ccsc2n1. The lowest BCUT2D eigenvalue weighted by Crippen LogP contribution is -2.23. The summed E-state index contributed by atoms with van der Waals surface area (Å²) in [7, 11) is 0. The van der Waals surface area contributed by atoms with E-state index < -0.39 is 0 Å². The number of thiazole rings is 1. The molecule has 0 aliphatic rings. The highest BCUT2D eigenvalue weighted by Crippen LogP contribution is 2.14. The molecule has 4 heterocycles. The standard InChI is InChI=1S/C18H11FN6O2S/c19-11-1-3-13(4-2-11)25-16-14(8-21-25)17(27)23(10-20-16)9-12-7-15(26)24-5-6-28-18(24)22-12/h1-8,10H,9H2. The molecule has 0 saturated carbocycles. The Morgan fingerprint density at radius 2 is 1.96 bits per heavy atom. The fraction of sp³-hybridized carbons (Fsp3) is 0.0556. The van der Waals surface area contributed by atoms with Crippen molar-refractivity contribution in [3.8, 4) is 5.69 Å². The number of aromatic nitrogens is 6. The highest BCUT2D eigenvalue weighted by atomic mass is 32.1. The quantitative estimate of drug-likeness (QED) is 0.466. The predicted molar refractivity (Wildman–Crippen MR) is 102 cm³/mol. The Morgan fingerprint density at radius 1 is 1.14 bits per heavy atom. The summed E-state index contributed by atoms with van der Waals surface area (Å²) in [6, 6.07) is 7.15. The molecule has 0 saturated heterocycles. The van der Waals surface area contributed by atoms with Gasteiger partial charge in [-0.3, -0.25) is 18.6 Å². The summed E-state index contributed by atoms with van der Waals surface area (Å²) in [4.78, 5) is 34.3. The lowest BCUT2D eigenvalue weighted by molar-refractivity contribution is 0.627. The van der Waals surface area contributed by atoms with Gasteiger partial charge in [-0.1, -0.05) is 0 Å². The highest BCUT2D eigenvalue weighted by molar-refractivity contribution is 7.15. The Labute approximate surface area is 159 Å². The second kappa shape index (κ2) is 6.20. The molecule has 138 valence electrons. The van der Waals surface area contributed by atoms with E-state index in [1.54, 1.807) is 23.7 Å². The summed E-state index contributed by atoms with van der Waals surface area (Å²) in [6.45, 7) is 0.118. The molecule has 0 amide bonds. The Bertz CT molecular complexity index is 1450. The van der Waals surface area contributed by atoms with E-state index in [1.807, 2.05) is 0 Å². The molecular weight excluding hydrogens is 383 g/mol. The van der Waals surface area contributed by atoms with Crippen LogP contribution in [0.5, 0.6) is 0 Å². The van der Waals surface area contributed by atoms with Crippen molar-refractivity contribution in [2.45, 2.75) is 6.54 Å². The van der Waals surface area contributed by atoms with Gasteiger partial charge in [-0.2, -0.15) is 5.10 Å². The van der Waals surface area contributed by atoms with Crippen molar-refractivity contribution in [1.29, 1.82) is 0 Å². The van der Waals surface area contributed by atoms with Gasteiger partial charge < -0.3 is 0 Å². The van der Waals surface area contributed by atoms with E-state index in [0.29, 0.717) is 27.4 Å². The van der Waals surface area contributed by atoms with Crippen molar-refractivity contribution in [2.75, 3.05) is 0 Å². The van der Waals surface area contributed by atoms with Gasteiger partial charge in [-0.05, 0) is 24.3 Å². The highest BCUT2D eigenvalue weighted by Gasteiger charge is 2.13. The third-order valence-corrected chi connectivity index (χ3v) is 5.07. The minimum Gasteiger partial charge on any atom is -0.292 e. The number of halogens is 1. The molecule has 28 heavy (non-hydrogen) atoms. The average Bonchev–Trinajstić information content (AvgIpc) is 3.32. The van der Waals surface area contributed by atoms with E-state index in [-0.39, 0.29) is 23.5 Å². The van der Waals surface area contributed by atoms with E-state index in [2.05, 4.69) is 15.1 Å². The molecule has 10 heteroatoms. The predicted octanol–water partition coefficient (Wildman–Crippen LogP) is 1.84. The lowest BCUT2D eigenvalue weighted by atomic mass is 10.3. The number of hydrogen-bond donors (Lipinski definition) is 0. The summed E-state index contributed by atoms with van der Waals surface area (Å²) >= 11 is 1.34. The second-order valence-electron chi connectivity index (χ2n) is 6.09. The topological polar surface area (TPSA) is 87.1 Å². The van der Waals surface area contributed by atoms with Gasteiger partial charge in [0.15, 0.2) is 10.6 Å². The third-order valence-electron chi connectivity index (χ3n) is 4.31. The molecule has 0 atom stereocenters. The van der Waals surface area contributed by atoms with Gasteiger partial charge in [0.25, 0.3) is 11.1 Å². The first kappa shape index (κ1) is 16.5. The van der Waals surface area contributed by atoms with Crippen LogP contribution in [0, 0.1) is 5.82 Å². The zero-order chi connectivity index (χ0) is 19.3. The lowest BCUT2D eigenvalue weighted by Gasteiger charge is -2.06. The number of benzene rings is 1. The minimum absolute atomic E-state index is 0.118. The normalized spacial score (nSPS) is 11.5. The Morgan fingerprint density at radius 3 is 2.79 bits per heavy atom. The summed E-state index contributed by atoms with van der Waals surface area (Å²) < 4.78 is 17.4. The maximum absolute atomic E-state index is 13.1. The summed E-state index contributed by atoms with van der Waals surface area (Å²) in [5, 5.41) is 6.30. The van der Waals surface area contributed by atoms with Gasteiger partial charge in [-0.25, -0.2) is 19.0 Å². The van der Waals surface area contributed by atoms with E-state index >= 15 is 0 Å². The van der Waals surface area contributed by atoms with Gasteiger partial charge in [0, 0.05) is 17.6 Å². The van der Waals surface area contributed by atoms with E-state index in [0.717, 1.165) is 0 Å². The van der Waals surface area contributed by atoms with Crippen LogP contribution in [-0.2, 0) is 6.54 Å². The van der Waals surface area contributed by atoms with Gasteiger partial charge in [-0.15, -0.1) is 11.3 Å². The van der Waals surface area contributed by atoms with Gasteiger partial charge in [0.1, 0.15) is 17.5 Å². The van der Waals surface area contributed by atoms with Crippen molar-refractivity contribution >= 4 is 27.3 Å². The fourth-order valence-corrected chi connectivity index (χ4v) is 3.71. The largest absolute Gasteiger partial charge is 0.292 e. The van der Waals surface area contributed by atoms with E-state index in [4.69, 9.17) is 0 Å². The summed E-state index contributed by atoms with van der Waals surface area (Å²) in [5.41, 5.74) is 0.939. The maximum Gasteiger partial charge on any atom is 0.264 e. The molecule has 0 fully saturated rings. The second-order valence-corrected chi connectivity index (χ2v) is 6.96. The van der Waals surface area contributed by atoms with Crippen LogP contribution in [-0.4, -0.2) is 28.7 Å². The fourth-order valence-electron chi connectivity index (χ4n) is 2.98. The molecule has 0 unspecified atom stereocenters. The van der Waals surface area contributed by atoms with Crippen molar-refractivity contribution < 1.29 is 4.39 Å². The maximum atomic E-state index is 13.1. The third kappa shape index (κ3) is 2.62. The zero-order valence-electron chi connectivity index (χ0n) is 14.2. The number of rotatable bonds is 3. The number of nitrogens with zero attached hydrogens (tertiary/aromatic N) is 6. The van der Waals surface area contributed by atoms with Crippen molar-refractivity contribution in [3.63, 3.8) is 0 Å². The first-order chi connectivity index (χ1) is 13.6. The van der Waals surface area contributed by atoms with Crippen LogP contribution in [0.25, 0.3) is 21.7 Å². The molecule has 5 aromatic rings. The van der Waals surface area contributed by atoms with Crippen molar-refractivity contribution in [1.82, 2.24) is 28.7 Å². The average molecular weight is 394 g/mol. The first-order valence-electron chi connectivity index (χ1n) is 8.25. The van der Waals surface area contributed by atoms with Crippen molar-refractivity contribution in [3.05, 3.63) is 86.7 Å². The molecule has 0 spiro atoms. The molecule has 0 N–H and O–H groups in total. The Balaban J connectivity index is 1.57. The van der Waals surface area contributed by atoms with Crippen LogP contribution in [0.2, 0.25) is 0 Å². The molecule has 4 aromatic heterocycles. The molecule has 1 aromatic carbocycles. The number of hydrogen-bond acceptors (Lipinski definition) is 6. The Hall–Kier alpha value is -3.66. The van der Waals surface area contributed by atoms with Crippen LogP contribution in [0.15, 0.2) is 64.0 Å². The molecule has 8 nitrogen and oxygen atoms in total. The van der Waals surface area contributed by atoms with Crippen LogP contribution in [0.1, 0.15) is 5.69 Å². The first-order valence-corrected chi connectivity index (χ1v) is 9.13. The van der Waals surface area contributed by atoms with Crippen LogP contribution < -0.4 is 11.1 Å². The molecule has 0 bridgehead atoms. The zero-order valence-corrected chi connectivity index (χ0v) is 15.0. The monoisotopic (exact) mass is 394 g/mol. The van der Waals surface area contributed by atoms with Crippen LogP contribution in [0.3, 0.4) is 0 Å². The molecule has 0 radical (unpaired) electrons. The van der Waals surface area contributed by atoms with Crippen molar-refractivity contribution in [2.24, 2.45) is 0 Å². The molecule has 0 aliphatic carbocycles. The Kier molecular flexibility index (Phi) is 3.66. The van der Waals surface area contributed by atoms with E-state index in [1.165, 1.54) is 55.7 Å². The molecular formula is C18H11FN6O2S. The minimum atomic E-state index is -0.360. The van der Waals surface area contributed by atoms with E-state index in [9.17, 15) is 14.0 Å². The van der Waals surface area contributed by atoms with Crippen LogP contribution in [0.4, 0.5) is 4.39 Å².